The van der Waals surface area contributed by atoms with Gasteiger partial charge in [-0.1, -0.05) is 34.1 Å². The zero-order valence-corrected chi connectivity index (χ0v) is 12.8. The van der Waals surface area contributed by atoms with Crippen molar-refractivity contribution in [3.05, 3.63) is 34.3 Å². The third-order valence-electron chi connectivity index (χ3n) is 2.30. The number of benzene rings is 1. The third kappa shape index (κ3) is 3.93. The summed E-state index contributed by atoms with van der Waals surface area (Å²) < 4.78 is 1.13. The summed E-state index contributed by atoms with van der Waals surface area (Å²) >= 11 is 3.52. The molecule has 2 N–H and O–H groups in total. The molecule has 2 rings (SSSR count). The van der Waals surface area contributed by atoms with Gasteiger partial charge in [-0.3, -0.25) is 4.99 Å². The van der Waals surface area contributed by atoms with Crippen molar-refractivity contribution in [2.24, 2.45) is 4.99 Å². The smallest absolute Gasteiger partial charge is 0.191 e. The molecule has 1 aliphatic rings. The number of hydrogen-bond donors (Lipinski definition) is 2. The Hall–Kier alpha value is -0.300. The molecule has 0 aliphatic carbocycles. The predicted octanol–water partition coefficient (Wildman–Crippen LogP) is 2.51. The van der Waals surface area contributed by atoms with Gasteiger partial charge >= 0.3 is 0 Å². The number of nitrogens with zero attached hydrogens (tertiary/aromatic N) is 1. The van der Waals surface area contributed by atoms with Crippen LogP contribution in [-0.2, 0) is 6.54 Å². The summed E-state index contributed by atoms with van der Waals surface area (Å²) in [6.07, 6.45) is 1.13. The van der Waals surface area contributed by atoms with Gasteiger partial charge in [0.15, 0.2) is 5.96 Å². The number of rotatable bonds is 2. The van der Waals surface area contributed by atoms with E-state index in [0.29, 0.717) is 0 Å². The van der Waals surface area contributed by atoms with Crippen LogP contribution >= 0.6 is 39.9 Å². The highest BCUT2D eigenvalue weighted by Gasteiger charge is 2.03. The summed E-state index contributed by atoms with van der Waals surface area (Å²) in [7, 11) is 0. The fourth-order valence-electron chi connectivity index (χ4n) is 1.47. The van der Waals surface area contributed by atoms with Crippen molar-refractivity contribution >= 4 is 45.9 Å². The summed E-state index contributed by atoms with van der Waals surface area (Å²) in [5.74, 6) is 0.914. The van der Waals surface area contributed by atoms with Gasteiger partial charge in [0.25, 0.3) is 0 Å². The Balaban J connectivity index is 0.00000128. The number of hydrogen-bond acceptors (Lipinski definition) is 3. The molecule has 5 heteroatoms. The molecular formula is C11H15BrIN3. The molecule has 0 saturated heterocycles. The fourth-order valence-corrected chi connectivity index (χ4v) is 1.90. The van der Waals surface area contributed by atoms with Gasteiger partial charge in [-0.25, -0.2) is 0 Å². The molecule has 0 saturated carbocycles. The normalized spacial score (nSPS) is 14.4. The first kappa shape index (κ1) is 13.8. The van der Waals surface area contributed by atoms with Gasteiger partial charge < -0.3 is 10.6 Å². The maximum absolute atomic E-state index is 4.35. The highest BCUT2D eigenvalue weighted by molar-refractivity contribution is 14.0. The van der Waals surface area contributed by atoms with Crippen LogP contribution in [0.15, 0.2) is 33.7 Å². The van der Waals surface area contributed by atoms with Crippen molar-refractivity contribution < 1.29 is 0 Å². The largest absolute Gasteiger partial charge is 0.356 e. The zero-order valence-electron chi connectivity index (χ0n) is 8.87. The third-order valence-corrected chi connectivity index (χ3v) is 3.07. The van der Waals surface area contributed by atoms with E-state index in [1.165, 1.54) is 5.56 Å². The van der Waals surface area contributed by atoms with Crippen LogP contribution in [0.3, 0.4) is 0 Å². The summed E-state index contributed by atoms with van der Waals surface area (Å²) in [5, 5.41) is 6.52. The second-order valence-electron chi connectivity index (χ2n) is 3.46. The molecule has 0 aromatic heterocycles. The van der Waals surface area contributed by atoms with Gasteiger partial charge in [0.05, 0.1) is 0 Å². The molecule has 0 atom stereocenters. The lowest BCUT2D eigenvalue weighted by Crippen LogP contribution is -2.40. The quantitative estimate of drug-likeness (QED) is 0.755. The van der Waals surface area contributed by atoms with Crippen LogP contribution in [0.4, 0.5) is 0 Å². The Morgan fingerprint density at radius 1 is 1.38 bits per heavy atom. The van der Waals surface area contributed by atoms with Crippen molar-refractivity contribution in [1.29, 1.82) is 0 Å². The lowest BCUT2D eigenvalue weighted by atomic mass is 10.2. The molecule has 0 spiro atoms. The van der Waals surface area contributed by atoms with Gasteiger partial charge in [0.2, 0.25) is 0 Å². The molecule has 16 heavy (non-hydrogen) atoms. The van der Waals surface area contributed by atoms with Crippen molar-refractivity contribution in [1.82, 2.24) is 10.6 Å². The van der Waals surface area contributed by atoms with E-state index in [2.05, 4.69) is 37.6 Å². The van der Waals surface area contributed by atoms with E-state index in [1.807, 2.05) is 18.2 Å². The summed E-state index contributed by atoms with van der Waals surface area (Å²) in [5.41, 5.74) is 1.24. The fraction of sp³-hybridized carbons (Fsp3) is 0.364. The maximum Gasteiger partial charge on any atom is 0.191 e. The number of nitrogens with one attached hydrogen (secondary N) is 2. The summed E-state index contributed by atoms with van der Waals surface area (Å²) in [6.45, 7) is 2.74. The Morgan fingerprint density at radius 2 is 2.19 bits per heavy atom. The predicted molar refractivity (Wildman–Crippen MR) is 81.3 cm³/mol. The van der Waals surface area contributed by atoms with Crippen molar-refractivity contribution in [2.45, 2.75) is 13.0 Å². The summed E-state index contributed by atoms with van der Waals surface area (Å²) in [4.78, 5) is 4.35. The van der Waals surface area contributed by atoms with Crippen LogP contribution in [0.25, 0.3) is 0 Å². The molecule has 3 nitrogen and oxygen atoms in total. The standard InChI is InChI=1S/C11H14BrN3.HI/c12-10-5-2-1-4-9(10)8-15-11-13-6-3-7-14-11;/h1-2,4-5H,3,6-8H2,(H2,13,14,15);1H. The van der Waals surface area contributed by atoms with Crippen molar-refractivity contribution in [3.63, 3.8) is 0 Å². The minimum atomic E-state index is 0. The molecule has 1 heterocycles. The number of guanidine groups is 1. The van der Waals surface area contributed by atoms with Gasteiger partial charge in [0, 0.05) is 24.1 Å². The van der Waals surface area contributed by atoms with Crippen molar-refractivity contribution in [2.75, 3.05) is 13.1 Å². The number of aliphatic imine (C=N–C) groups is 1. The van der Waals surface area contributed by atoms with Crippen LogP contribution in [0, 0.1) is 0 Å². The van der Waals surface area contributed by atoms with Crippen LogP contribution < -0.4 is 10.6 Å². The molecule has 0 unspecified atom stereocenters. The average Bonchev–Trinajstić information content (AvgIpc) is 2.29. The molecule has 0 radical (unpaired) electrons. The van der Waals surface area contributed by atoms with Crippen molar-refractivity contribution in [3.8, 4) is 0 Å². The van der Waals surface area contributed by atoms with E-state index >= 15 is 0 Å². The molecule has 88 valence electrons. The molecule has 1 aliphatic heterocycles. The zero-order chi connectivity index (χ0) is 10.5. The number of halogens is 2. The van der Waals surface area contributed by atoms with Crippen LogP contribution in [0.2, 0.25) is 0 Å². The Labute approximate surface area is 121 Å². The Morgan fingerprint density at radius 3 is 2.88 bits per heavy atom. The lowest BCUT2D eigenvalue weighted by Gasteiger charge is -2.16. The minimum Gasteiger partial charge on any atom is -0.356 e. The first-order valence-electron chi connectivity index (χ1n) is 5.12. The second-order valence-corrected chi connectivity index (χ2v) is 4.31. The molecular weight excluding hydrogens is 381 g/mol. The first-order chi connectivity index (χ1) is 7.36. The van der Waals surface area contributed by atoms with Crippen LogP contribution in [0.5, 0.6) is 0 Å². The van der Waals surface area contributed by atoms with E-state index in [4.69, 9.17) is 0 Å². The van der Waals surface area contributed by atoms with E-state index in [9.17, 15) is 0 Å². The molecule has 0 bridgehead atoms. The average molecular weight is 396 g/mol. The van der Waals surface area contributed by atoms with Gasteiger partial charge in [-0.15, -0.1) is 24.0 Å². The van der Waals surface area contributed by atoms with Crippen LogP contribution in [-0.4, -0.2) is 19.0 Å². The Kier molecular flexibility index (Phi) is 6.12. The van der Waals surface area contributed by atoms with E-state index in [1.54, 1.807) is 0 Å². The highest BCUT2D eigenvalue weighted by Crippen LogP contribution is 2.15. The van der Waals surface area contributed by atoms with E-state index in [0.717, 1.165) is 36.5 Å². The van der Waals surface area contributed by atoms with E-state index < -0.39 is 0 Å². The van der Waals surface area contributed by atoms with E-state index in [-0.39, 0.29) is 24.0 Å². The molecule has 0 fully saturated rings. The molecule has 0 amide bonds. The highest BCUT2D eigenvalue weighted by atomic mass is 127. The first-order valence-corrected chi connectivity index (χ1v) is 5.91. The topological polar surface area (TPSA) is 36.4 Å². The Bertz CT molecular complexity index is 368. The van der Waals surface area contributed by atoms with Gasteiger partial charge in [-0.2, -0.15) is 0 Å². The minimum absolute atomic E-state index is 0. The lowest BCUT2D eigenvalue weighted by molar-refractivity contribution is 0.701. The SMILES string of the molecule is Brc1ccccc1CNC1=NCCCN1.I. The second kappa shape index (κ2) is 7.11. The van der Waals surface area contributed by atoms with Gasteiger partial charge in [-0.05, 0) is 18.1 Å². The monoisotopic (exact) mass is 395 g/mol. The van der Waals surface area contributed by atoms with Crippen LogP contribution in [0.1, 0.15) is 12.0 Å². The summed E-state index contributed by atoms with van der Waals surface area (Å²) in [6, 6.07) is 8.20. The molecule has 1 aromatic carbocycles. The molecule has 1 aromatic rings. The maximum atomic E-state index is 4.35. The van der Waals surface area contributed by atoms with Gasteiger partial charge in [0.1, 0.15) is 0 Å².